The molecule has 0 rings (SSSR count). The molecule has 0 bridgehead atoms. The smallest absolute Gasteiger partial charge is 0.325 e. The van der Waals surface area contributed by atoms with Gasteiger partial charge in [-0.05, 0) is 26.7 Å². The summed E-state index contributed by atoms with van der Waals surface area (Å²) in [5.74, 6) is -1.22. The highest BCUT2D eigenvalue weighted by Gasteiger charge is 2.34. The van der Waals surface area contributed by atoms with Gasteiger partial charge in [0.2, 0.25) is 0 Å². The molecule has 2 unspecified atom stereocenters. The second-order valence-corrected chi connectivity index (χ2v) is 4.76. The summed E-state index contributed by atoms with van der Waals surface area (Å²) in [5, 5.41) is 0. The molecule has 0 saturated carbocycles. The summed E-state index contributed by atoms with van der Waals surface area (Å²) in [6.45, 7) is 7.71. The fraction of sp³-hybridized carbons (Fsp3) is 0.846. The predicted octanol–water partition coefficient (Wildman–Crippen LogP) is 1.64. The van der Waals surface area contributed by atoms with E-state index in [0.29, 0.717) is 6.61 Å². The van der Waals surface area contributed by atoms with Crippen LogP contribution in [0.3, 0.4) is 0 Å². The minimum atomic E-state index is -1.15. The Labute approximate surface area is 109 Å². The van der Waals surface area contributed by atoms with Crippen molar-refractivity contribution in [1.29, 1.82) is 0 Å². The van der Waals surface area contributed by atoms with Gasteiger partial charge in [-0.2, -0.15) is 0 Å². The molecule has 5 nitrogen and oxygen atoms in total. The lowest BCUT2D eigenvalue weighted by Gasteiger charge is -2.24. The third kappa shape index (κ3) is 6.00. The number of ether oxygens (including phenoxy) is 2. The second-order valence-electron chi connectivity index (χ2n) is 4.76. The zero-order valence-corrected chi connectivity index (χ0v) is 11.8. The summed E-state index contributed by atoms with van der Waals surface area (Å²) in [4.78, 5) is 23.2. The van der Waals surface area contributed by atoms with Gasteiger partial charge in [-0.3, -0.25) is 9.59 Å². The molecule has 0 spiro atoms. The van der Waals surface area contributed by atoms with Gasteiger partial charge >= 0.3 is 11.9 Å². The van der Waals surface area contributed by atoms with Gasteiger partial charge in [0.05, 0.1) is 19.1 Å². The Morgan fingerprint density at radius 3 is 2.39 bits per heavy atom. The molecule has 2 N–H and O–H groups in total. The molecule has 0 radical (unpaired) electrons. The summed E-state index contributed by atoms with van der Waals surface area (Å²) in [7, 11) is 0. The van der Waals surface area contributed by atoms with E-state index in [1.54, 1.807) is 20.8 Å². The summed E-state index contributed by atoms with van der Waals surface area (Å²) in [5.41, 5.74) is 4.70. The summed E-state index contributed by atoms with van der Waals surface area (Å²) in [6, 6.07) is 0. The Morgan fingerprint density at radius 1 is 1.28 bits per heavy atom. The van der Waals surface area contributed by atoms with E-state index >= 15 is 0 Å². The summed E-state index contributed by atoms with van der Waals surface area (Å²) < 4.78 is 9.95. The van der Waals surface area contributed by atoms with E-state index in [4.69, 9.17) is 15.2 Å². The van der Waals surface area contributed by atoms with Gasteiger partial charge in [0.1, 0.15) is 5.54 Å². The first-order valence-electron chi connectivity index (χ1n) is 6.47. The maximum absolute atomic E-state index is 11.6. The second kappa shape index (κ2) is 8.08. The number of hydrogen-bond acceptors (Lipinski definition) is 5. The highest BCUT2D eigenvalue weighted by atomic mass is 16.5. The van der Waals surface area contributed by atoms with Crippen LogP contribution in [0.5, 0.6) is 0 Å². The highest BCUT2D eigenvalue weighted by molar-refractivity contribution is 5.81. The Hall–Kier alpha value is -1.10. The molecule has 0 heterocycles. The van der Waals surface area contributed by atoms with Crippen LogP contribution in [0.25, 0.3) is 0 Å². The van der Waals surface area contributed by atoms with Crippen molar-refractivity contribution in [3.63, 3.8) is 0 Å². The Balaban J connectivity index is 4.23. The van der Waals surface area contributed by atoms with Crippen LogP contribution >= 0.6 is 0 Å². The standard InChI is InChI=1S/C13H25NO4/c1-5-7-8-18-11(15)10(3)9-13(4,14)12(16)17-6-2/h10H,5-9,14H2,1-4H3. The van der Waals surface area contributed by atoms with Crippen molar-refractivity contribution in [2.45, 2.75) is 52.5 Å². The maximum Gasteiger partial charge on any atom is 0.325 e. The van der Waals surface area contributed by atoms with Crippen LogP contribution in [0.2, 0.25) is 0 Å². The number of unbranched alkanes of at least 4 members (excludes halogenated alkanes) is 1. The molecule has 0 fully saturated rings. The number of rotatable bonds is 8. The van der Waals surface area contributed by atoms with E-state index in [1.807, 2.05) is 6.92 Å². The lowest BCUT2D eigenvalue weighted by atomic mass is 9.91. The van der Waals surface area contributed by atoms with Gasteiger partial charge < -0.3 is 15.2 Å². The molecule has 2 atom stereocenters. The van der Waals surface area contributed by atoms with Crippen LogP contribution in [-0.2, 0) is 19.1 Å². The van der Waals surface area contributed by atoms with Gasteiger partial charge in [0.25, 0.3) is 0 Å². The minimum Gasteiger partial charge on any atom is -0.465 e. The molecule has 106 valence electrons. The van der Waals surface area contributed by atoms with E-state index in [9.17, 15) is 9.59 Å². The Morgan fingerprint density at radius 2 is 1.89 bits per heavy atom. The van der Waals surface area contributed by atoms with E-state index in [1.165, 1.54) is 0 Å². The van der Waals surface area contributed by atoms with Gasteiger partial charge in [-0.1, -0.05) is 20.3 Å². The highest BCUT2D eigenvalue weighted by Crippen LogP contribution is 2.17. The van der Waals surface area contributed by atoms with E-state index in [-0.39, 0.29) is 19.0 Å². The number of hydrogen-bond donors (Lipinski definition) is 1. The number of carbonyl (C=O) groups is 2. The van der Waals surface area contributed by atoms with Gasteiger partial charge in [-0.25, -0.2) is 0 Å². The molecule has 18 heavy (non-hydrogen) atoms. The molecule has 0 saturated heterocycles. The van der Waals surface area contributed by atoms with Crippen molar-refractivity contribution in [2.75, 3.05) is 13.2 Å². The topological polar surface area (TPSA) is 78.6 Å². The zero-order chi connectivity index (χ0) is 14.2. The molecule has 5 heteroatoms. The molecule has 0 aliphatic carbocycles. The van der Waals surface area contributed by atoms with Crippen LogP contribution < -0.4 is 5.73 Å². The fourth-order valence-corrected chi connectivity index (χ4v) is 1.56. The van der Waals surface area contributed by atoms with Gasteiger partial charge in [-0.15, -0.1) is 0 Å². The molecule has 0 amide bonds. The van der Waals surface area contributed by atoms with Crippen LogP contribution in [0.4, 0.5) is 0 Å². The van der Waals surface area contributed by atoms with Crippen LogP contribution in [0, 0.1) is 5.92 Å². The summed E-state index contributed by atoms with van der Waals surface area (Å²) in [6.07, 6.45) is 2.03. The average molecular weight is 259 g/mol. The number of carbonyl (C=O) groups excluding carboxylic acids is 2. The Bertz CT molecular complexity index is 276. The van der Waals surface area contributed by atoms with E-state index < -0.39 is 17.4 Å². The normalized spacial score (nSPS) is 15.6. The minimum absolute atomic E-state index is 0.219. The van der Waals surface area contributed by atoms with E-state index in [0.717, 1.165) is 12.8 Å². The zero-order valence-electron chi connectivity index (χ0n) is 11.8. The molecule has 0 aromatic rings. The molecule has 0 aliphatic rings. The third-order valence-electron chi connectivity index (χ3n) is 2.62. The SMILES string of the molecule is CCCCOC(=O)C(C)CC(C)(N)C(=O)OCC. The van der Waals surface area contributed by atoms with Crippen molar-refractivity contribution in [3.8, 4) is 0 Å². The summed E-state index contributed by atoms with van der Waals surface area (Å²) >= 11 is 0. The van der Waals surface area contributed by atoms with Gasteiger partial charge in [0.15, 0.2) is 0 Å². The third-order valence-corrected chi connectivity index (χ3v) is 2.62. The van der Waals surface area contributed by atoms with Gasteiger partial charge in [0, 0.05) is 0 Å². The first kappa shape index (κ1) is 16.9. The van der Waals surface area contributed by atoms with Crippen molar-refractivity contribution in [2.24, 2.45) is 11.7 Å². The quantitative estimate of drug-likeness (QED) is 0.529. The number of esters is 2. The van der Waals surface area contributed by atoms with Crippen molar-refractivity contribution < 1.29 is 19.1 Å². The average Bonchev–Trinajstić information content (AvgIpc) is 2.28. The lowest BCUT2D eigenvalue weighted by Crippen LogP contribution is -2.48. The molecular formula is C13H25NO4. The van der Waals surface area contributed by atoms with E-state index in [2.05, 4.69) is 0 Å². The molecular weight excluding hydrogens is 234 g/mol. The molecule has 0 aromatic carbocycles. The first-order chi connectivity index (χ1) is 8.35. The van der Waals surface area contributed by atoms with Crippen LogP contribution in [0.15, 0.2) is 0 Å². The lowest BCUT2D eigenvalue weighted by molar-refractivity contribution is -0.153. The van der Waals surface area contributed by atoms with Crippen LogP contribution in [-0.4, -0.2) is 30.7 Å². The van der Waals surface area contributed by atoms with Crippen molar-refractivity contribution in [1.82, 2.24) is 0 Å². The fourth-order valence-electron chi connectivity index (χ4n) is 1.56. The number of nitrogens with two attached hydrogens (primary N) is 1. The van der Waals surface area contributed by atoms with Crippen molar-refractivity contribution >= 4 is 11.9 Å². The molecule has 0 aromatic heterocycles. The largest absolute Gasteiger partial charge is 0.465 e. The first-order valence-corrected chi connectivity index (χ1v) is 6.47. The Kier molecular flexibility index (Phi) is 7.59. The molecule has 0 aliphatic heterocycles. The van der Waals surface area contributed by atoms with Crippen molar-refractivity contribution in [3.05, 3.63) is 0 Å². The maximum atomic E-state index is 11.6. The predicted molar refractivity (Wildman–Crippen MR) is 68.9 cm³/mol. The van der Waals surface area contributed by atoms with Crippen LogP contribution in [0.1, 0.15) is 47.0 Å². The monoisotopic (exact) mass is 259 g/mol.